The molecule has 0 aliphatic carbocycles. The summed E-state index contributed by atoms with van der Waals surface area (Å²) in [5.74, 6) is -0.191. The molecule has 19 heavy (non-hydrogen) atoms. The van der Waals surface area contributed by atoms with Gasteiger partial charge in [0.25, 0.3) is 5.91 Å². The van der Waals surface area contributed by atoms with Crippen LogP contribution in [-0.4, -0.2) is 21.1 Å². The van der Waals surface area contributed by atoms with Gasteiger partial charge in [-0.3, -0.25) is 9.89 Å². The van der Waals surface area contributed by atoms with Crippen LogP contribution in [0.25, 0.3) is 10.9 Å². The van der Waals surface area contributed by atoms with Gasteiger partial charge in [-0.15, -0.1) is 11.3 Å². The monoisotopic (exact) mass is 272 g/mol. The van der Waals surface area contributed by atoms with E-state index in [4.69, 9.17) is 0 Å². The van der Waals surface area contributed by atoms with Gasteiger partial charge in [-0.1, -0.05) is 12.1 Å². The highest BCUT2D eigenvalue weighted by atomic mass is 32.1. The van der Waals surface area contributed by atoms with Crippen LogP contribution in [0.4, 0.5) is 5.69 Å². The molecule has 3 aromatic rings. The first-order chi connectivity index (χ1) is 9.15. The molecule has 2 aromatic heterocycles. The van der Waals surface area contributed by atoms with Gasteiger partial charge in [-0.05, 0) is 19.9 Å². The second-order valence-electron chi connectivity index (χ2n) is 4.23. The molecule has 96 valence electrons. The zero-order chi connectivity index (χ0) is 13.4. The lowest BCUT2D eigenvalue weighted by Crippen LogP contribution is -2.13. The highest BCUT2D eigenvalue weighted by Gasteiger charge is 2.15. The molecule has 0 fully saturated rings. The predicted octanol–water partition coefficient (Wildman–Crippen LogP) is 2.89. The summed E-state index contributed by atoms with van der Waals surface area (Å²) >= 11 is 1.52. The number of carbonyl (C=O) groups is 1. The lowest BCUT2D eigenvalue weighted by molar-refractivity contribution is 0.102. The standard InChI is InChI=1S/C13H12N4OS/c1-7-11(15-8(2)19-7)13(18)16-10-5-3-4-9-6-14-17-12(9)10/h3-6H,1-2H3,(H,14,17)(H,16,18). The van der Waals surface area contributed by atoms with E-state index in [1.807, 2.05) is 32.0 Å². The molecule has 0 aliphatic heterocycles. The van der Waals surface area contributed by atoms with Crippen molar-refractivity contribution >= 4 is 33.8 Å². The number of amides is 1. The van der Waals surface area contributed by atoms with Crippen molar-refractivity contribution in [2.75, 3.05) is 5.32 Å². The van der Waals surface area contributed by atoms with E-state index in [0.717, 1.165) is 20.8 Å². The molecule has 0 bridgehead atoms. The normalized spacial score (nSPS) is 10.8. The van der Waals surface area contributed by atoms with Crippen molar-refractivity contribution in [3.8, 4) is 0 Å². The number of anilines is 1. The molecule has 0 aliphatic rings. The smallest absolute Gasteiger partial charge is 0.275 e. The van der Waals surface area contributed by atoms with E-state index in [0.29, 0.717) is 11.4 Å². The molecule has 0 spiro atoms. The highest BCUT2D eigenvalue weighted by Crippen LogP contribution is 2.22. The molecular weight excluding hydrogens is 260 g/mol. The number of benzene rings is 1. The molecule has 1 aromatic carbocycles. The first-order valence-corrected chi connectivity index (χ1v) is 6.64. The Balaban J connectivity index is 1.95. The Labute approximate surface area is 113 Å². The van der Waals surface area contributed by atoms with Crippen LogP contribution in [0.1, 0.15) is 20.4 Å². The number of H-pyrrole nitrogens is 1. The van der Waals surface area contributed by atoms with Crippen molar-refractivity contribution in [1.82, 2.24) is 15.2 Å². The van der Waals surface area contributed by atoms with E-state index in [1.165, 1.54) is 11.3 Å². The van der Waals surface area contributed by atoms with Crippen LogP contribution in [-0.2, 0) is 0 Å². The highest BCUT2D eigenvalue weighted by molar-refractivity contribution is 7.11. The van der Waals surface area contributed by atoms with Gasteiger partial charge >= 0.3 is 0 Å². The Morgan fingerprint density at radius 1 is 1.37 bits per heavy atom. The molecule has 0 radical (unpaired) electrons. The summed E-state index contributed by atoms with van der Waals surface area (Å²) in [6.07, 6.45) is 1.73. The fraction of sp³-hybridized carbons (Fsp3) is 0.154. The van der Waals surface area contributed by atoms with Crippen LogP contribution in [0.15, 0.2) is 24.4 Å². The zero-order valence-electron chi connectivity index (χ0n) is 10.5. The summed E-state index contributed by atoms with van der Waals surface area (Å²) in [6, 6.07) is 5.66. The fourth-order valence-corrected chi connectivity index (χ4v) is 2.81. The Bertz CT molecular complexity index is 759. The molecule has 6 heteroatoms. The van der Waals surface area contributed by atoms with Gasteiger partial charge in [0, 0.05) is 10.3 Å². The van der Waals surface area contributed by atoms with E-state index in [9.17, 15) is 4.79 Å². The van der Waals surface area contributed by atoms with E-state index < -0.39 is 0 Å². The number of fused-ring (bicyclic) bond motifs is 1. The van der Waals surface area contributed by atoms with Gasteiger partial charge < -0.3 is 5.32 Å². The number of hydrogen-bond acceptors (Lipinski definition) is 4. The van der Waals surface area contributed by atoms with E-state index in [2.05, 4.69) is 20.5 Å². The largest absolute Gasteiger partial charge is 0.319 e. The zero-order valence-corrected chi connectivity index (χ0v) is 11.3. The predicted molar refractivity (Wildman–Crippen MR) is 75.6 cm³/mol. The summed E-state index contributed by atoms with van der Waals surface area (Å²) in [4.78, 5) is 17.4. The van der Waals surface area contributed by atoms with Crippen molar-refractivity contribution in [2.24, 2.45) is 0 Å². The molecule has 0 saturated carbocycles. The minimum atomic E-state index is -0.191. The summed E-state index contributed by atoms with van der Waals surface area (Å²) in [7, 11) is 0. The average molecular weight is 272 g/mol. The number of hydrogen-bond donors (Lipinski definition) is 2. The van der Waals surface area contributed by atoms with Gasteiger partial charge in [0.05, 0.1) is 22.4 Å². The lowest BCUT2D eigenvalue weighted by Gasteiger charge is -2.04. The van der Waals surface area contributed by atoms with Crippen molar-refractivity contribution < 1.29 is 4.79 Å². The molecule has 1 amide bonds. The third-order valence-electron chi connectivity index (χ3n) is 2.84. The van der Waals surface area contributed by atoms with Crippen LogP contribution in [0.5, 0.6) is 0 Å². The Kier molecular flexibility index (Phi) is 2.79. The number of nitrogens with zero attached hydrogens (tertiary/aromatic N) is 2. The molecule has 0 atom stereocenters. The number of nitrogens with one attached hydrogen (secondary N) is 2. The van der Waals surface area contributed by atoms with Gasteiger partial charge in [-0.25, -0.2) is 4.98 Å². The van der Waals surface area contributed by atoms with Crippen molar-refractivity contribution in [2.45, 2.75) is 13.8 Å². The van der Waals surface area contributed by atoms with Crippen molar-refractivity contribution in [3.63, 3.8) is 0 Å². The quantitative estimate of drug-likeness (QED) is 0.753. The summed E-state index contributed by atoms with van der Waals surface area (Å²) in [5, 5.41) is 11.6. The minimum Gasteiger partial charge on any atom is -0.319 e. The fourth-order valence-electron chi connectivity index (χ4n) is 1.99. The van der Waals surface area contributed by atoms with Crippen molar-refractivity contribution in [1.29, 1.82) is 0 Å². The second-order valence-corrected chi connectivity index (χ2v) is 5.64. The first-order valence-electron chi connectivity index (χ1n) is 5.82. The van der Waals surface area contributed by atoms with Gasteiger partial charge in [0.15, 0.2) is 0 Å². The maximum absolute atomic E-state index is 12.2. The lowest BCUT2D eigenvalue weighted by atomic mass is 10.2. The SMILES string of the molecule is Cc1nc(C(=O)Nc2cccc3cn[nH]c23)c(C)s1. The molecule has 5 nitrogen and oxygen atoms in total. The van der Waals surface area contributed by atoms with Gasteiger partial charge in [0.1, 0.15) is 5.69 Å². The molecule has 2 heterocycles. The van der Waals surface area contributed by atoms with Crippen LogP contribution in [0.2, 0.25) is 0 Å². The van der Waals surface area contributed by atoms with Crippen LogP contribution < -0.4 is 5.32 Å². The summed E-state index contributed by atoms with van der Waals surface area (Å²) in [5.41, 5.74) is 2.02. The third kappa shape index (κ3) is 2.10. The van der Waals surface area contributed by atoms with Gasteiger partial charge in [-0.2, -0.15) is 5.10 Å². The number of aromatic amines is 1. The average Bonchev–Trinajstić information content (AvgIpc) is 2.96. The first kappa shape index (κ1) is 11.9. The molecule has 2 N–H and O–H groups in total. The number of thiazole rings is 1. The van der Waals surface area contributed by atoms with Crippen molar-refractivity contribution in [3.05, 3.63) is 40.0 Å². The topological polar surface area (TPSA) is 70.7 Å². The maximum Gasteiger partial charge on any atom is 0.275 e. The number of para-hydroxylation sites is 1. The number of aromatic nitrogens is 3. The van der Waals surface area contributed by atoms with E-state index in [1.54, 1.807) is 6.20 Å². The Morgan fingerprint density at radius 3 is 2.95 bits per heavy atom. The number of carbonyl (C=O) groups excluding carboxylic acids is 1. The van der Waals surface area contributed by atoms with E-state index in [-0.39, 0.29) is 5.91 Å². The van der Waals surface area contributed by atoms with Crippen LogP contribution in [0, 0.1) is 13.8 Å². The third-order valence-corrected chi connectivity index (χ3v) is 3.73. The number of rotatable bonds is 2. The molecule has 3 rings (SSSR count). The number of aryl methyl sites for hydroxylation is 2. The molecule has 0 unspecified atom stereocenters. The molecule has 0 saturated heterocycles. The van der Waals surface area contributed by atoms with Crippen LogP contribution in [0.3, 0.4) is 0 Å². The maximum atomic E-state index is 12.2. The van der Waals surface area contributed by atoms with Gasteiger partial charge in [0.2, 0.25) is 0 Å². The Morgan fingerprint density at radius 2 is 2.21 bits per heavy atom. The van der Waals surface area contributed by atoms with Crippen LogP contribution >= 0.6 is 11.3 Å². The minimum absolute atomic E-state index is 0.191. The van der Waals surface area contributed by atoms with E-state index >= 15 is 0 Å². The second kappa shape index (κ2) is 4.47. The Hall–Kier alpha value is -2.21. The molecular formula is C13H12N4OS. The summed E-state index contributed by atoms with van der Waals surface area (Å²) in [6.45, 7) is 3.79. The summed E-state index contributed by atoms with van der Waals surface area (Å²) < 4.78 is 0.